The smallest absolute Gasteiger partial charge is 0.276 e. The van der Waals surface area contributed by atoms with Gasteiger partial charge >= 0.3 is 0 Å². The zero-order valence-electron chi connectivity index (χ0n) is 10.3. The van der Waals surface area contributed by atoms with Crippen molar-refractivity contribution in [3.63, 3.8) is 0 Å². The summed E-state index contributed by atoms with van der Waals surface area (Å²) >= 11 is 0. The van der Waals surface area contributed by atoms with Gasteiger partial charge < -0.3 is 11.1 Å². The standard InChI is InChI=1S/C13H14N4O/c1-8-5-6-11(9(2)16-8)17-13(18)12-10(14)4-3-7-15-12/h3-7H,14H2,1-2H3,(H,17,18). The van der Waals surface area contributed by atoms with E-state index in [-0.39, 0.29) is 11.6 Å². The molecule has 0 aliphatic rings. The molecule has 0 aliphatic carbocycles. The van der Waals surface area contributed by atoms with Crippen LogP contribution in [0.1, 0.15) is 21.9 Å². The molecule has 92 valence electrons. The van der Waals surface area contributed by atoms with Crippen LogP contribution in [0.3, 0.4) is 0 Å². The lowest BCUT2D eigenvalue weighted by Crippen LogP contribution is -2.16. The fourth-order valence-electron chi connectivity index (χ4n) is 1.61. The van der Waals surface area contributed by atoms with Crippen molar-refractivity contribution < 1.29 is 4.79 Å². The number of aromatic nitrogens is 2. The summed E-state index contributed by atoms with van der Waals surface area (Å²) in [7, 11) is 0. The van der Waals surface area contributed by atoms with Gasteiger partial charge in [-0.1, -0.05) is 0 Å². The van der Waals surface area contributed by atoms with Crippen molar-refractivity contribution in [2.45, 2.75) is 13.8 Å². The minimum absolute atomic E-state index is 0.220. The zero-order chi connectivity index (χ0) is 13.1. The molecule has 0 fully saturated rings. The highest BCUT2D eigenvalue weighted by molar-refractivity contribution is 6.06. The minimum Gasteiger partial charge on any atom is -0.397 e. The molecule has 1 amide bonds. The van der Waals surface area contributed by atoms with Gasteiger partial charge in [0, 0.05) is 11.9 Å². The van der Waals surface area contributed by atoms with Crippen LogP contribution in [-0.2, 0) is 0 Å². The van der Waals surface area contributed by atoms with E-state index < -0.39 is 0 Å². The van der Waals surface area contributed by atoms with Crippen LogP contribution in [0.4, 0.5) is 11.4 Å². The Hall–Kier alpha value is -2.43. The van der Waals surface area contributed by atoms with Crippen molar-refractivity contribution in [1.82, 2.24) is 9.97 Å². The Balaban J connectivity index is 2.24. The van der Waals surface area contributed by atoms with E-state index in [0.29, 0.717) is 11.4 Å². The molecule has 0 spiro atoms. The van der Waals surface area contributed by atoms with E-state index in [1.54, 1.807) is 12.1 Å². The number of aryl methyl sites for hydroxylation is 2. The Labute approximate surface area is 105 Å². The van der Waals surface area contributed by atoms with E-state index in [9.17, 15) is 4.79 Å². The number of nitrogens with two attached hydrogens (primary N) is 1. The Morgan fingerprint density at radius 3 is 2.72 bits per heavy atom. The number of anilines is 2. The topological polar surface area (TPSA) is 80.9 Å². The fourth-order valence-corrected chi connectivity index (χ4v) is 1.61. The number of nitrogens with one attached hydrogen (secondary N) is 1. The van der Waals surface area contributed by atoms with Gasteiger partial charge in [0.1, 0.15) is 0 Å². The van der Waals surface area contributed by atoms with Gasteiger partial charge in [-0.3, -0.25) is 9.78 Å². The molecule has 0 bridgehead atoms. The van der Waals surface area contributed by atoms with Gasteiger partial charge in [0.25, 0.3) is 5.91 Å². The van der Waals surface area contributed by atoms with Crippen LogP contribution in [0.15, 0.2) is 30.5 Å². The molecule has 0 saturated carbocycles. The first-order chi connectivity index (χ1) is 8.58. The lowest BCUT2D eigenvalue weighted by atomic mass is 10.2. The van der Waals surface area contributed by atoms with Crippen LogP contribution in [0.5, 0.6) is 0 Å². The lowest BCUT2D eigenvalue weighted by molar-refractivity contribution is 0.102. The van der Waals surface area contributed by atoms with Gasteiger partial charge in [-0.2, -0.15) is 0 Å². The van der Waals surface area contributed by atoms with E-state index in [1.165, 1.54) is 6.20 Å². The average Bonchev–Trinajstić information content (AvgIpc) is 2.33. The summed E-state index contributed by atoms with van der Waals surface area (Å²) in [5.41, 5.74) is 8.60. The summed E-state index contributed by atoms with van der Waals surface area (Å²) in [6.07, 6.45) is 1.53. The number of rotatable bonds is 2. The first kappa shape index (κ1) is 12.0. The number of pyridine rings is 2. The highest BCUT2D eigenvalue weighted by atomic mass is 16.1. The number of hydrogen-bond donors (Lipinski definition) is 2. The van der Waals surface area contributed by atoms with Crippen LogP contribution in [0.2, 0.25) is 0 Å². The number of nitrogen functional groups attached to an aromatic ring is 1. The number of hydrogen-bond acceptors (Lipinski definition) is 4. The molecule has 2 rings (SSSR count). The van der Waals surface area contributed by atoms with E-state index in [2.05, 4.69) is 15.3 Å². The molecule has 5 nitrogen and oxygen atoms in total. The van der Waals surface area contributed by atoms with E-state index in [1.807, 2.05) is 26.0 Å². The van der Waals surface area contributed by atoms with Gasteiger partial charge in [-0.05, 0) is 38.1 Å². The Morgan fingerprint density at radius 1 is 1.28 bits per heavy atom. The highest BCUT2D eigenvalue weighted by Crippen LogP contribution is 2.15. The summed E-state index contributed by atoms with van der Waals surface area (Å²) < 4.78 is 0. The van der Waals surface area contributed by atoms with Gasteiger partial charge in [-0.25, -0.2) is 4.98 Å². The average molecular weight is 242 g/mol. The molecule has 0 aliphatic heterocycles. The van der Waals surface area contributed by atoms with Gasteiger partial charge in [0.15, 0.2) is 5.69 Å². The van der Waals surface area contributed by atoms with Crippen molar-refractivity contribution in [2.24, 2.45) is 0 Å². The molecule has 0 aromatic carbocycles. The van der Waals surface area contributed by atoms with Crippen molar-refractivity contribution in [3.8, 4) is 0 Å². The van der Waals surface area contributed by atoms with Crippen LogP contribution >= 0.6 is 0 Å². The first-order valence-corrected chi connectivity index (χ1v) is 5.54. The molecular weight excluding hydrogens is 228 g/mol. The van der Waals surface area contributed by atoms with E-state index >= 15 is 0 Å². The lowest BCUT2D eigenvalue weighted by Gasteiger charge is -2.08. The third-order valence-electron chi connectivity index (χ3n) is 2.53. The molecule has 0 radical (unpaired) electrons. The number of nitrogens with zero attached hydrogens (tertiary/aromatic N) is 2. The van der Waals surface area contributed by atoms with Gasteiger partial charge in [0.05, 0.1) is 17.1 Å². The second kappa shape index (κ2) is 4.83. The van der Waals surface area contributed by atoms with Crippen LogP contribution in [-0.4, -0.2) is 15.9 Å². The predicted octanol–water partition coefficient (Wildman–Crippen LogP) is 1.93. The molecule has 2 aromatic heterocycles. The molecule has 5 heteroatoms. The number of carbonyl (C=O) groups is 1. The summed E-state index contributed by atoms with van der Waals surface area (Å²) in [5.74, 6) is -0.332. The van der Waals surface area contributed by atoms with E-state index in [4.69, 9.17) is 5.73 Å². The maximum atomic E-state index is 12.0. The van der Waals surface area contributed by atoms with Crippen LogP contribution < -0.4 is 11.1 Å². The second-order valence-electron chi connectivity index (χ2n) is 3.98. The van der Waals surface area contributed by atoms with Crippen LogP contribution in [0, 0.1) is 13.8 Å². The van der Waals surface area contributed by atoms with Crippen LogP contribution in [0.25, 0.3) is 0 Å². The predicted molar refractivity (Wildman–Crippen MR) is 70.3 cm³/mol. The number of carbonyl (C=O) groups excluding carboxylic acids is 1. The van der Waals surface area contributed by atoms with Crippen molar-refractivity contribution in [3.05, 3.63) is 47.5 Å². The molecule has 2 aromatic rings. The third kappa shape index (κ3) is 2.45. The summed E-state index contributed by atoms with van der Waals surface area (Å²) in [6, 6.07) is 6.98. The Bertz CT molecular complexity index is 595. The second-order valence-corrected chi connectivity index (χ2v) is 3.98. The maximum Gasteiger partial charge on any atom is 0.276 e. The SMILES string of the molecule is Cc1ccc(NC(=O)c2ncccc2N)c(C)n1. The zero-order valence-corrected chi connectivity index (χ0v) is 10.3. The quantitative estimate of drug-likeness (QED) is 0.843. The fraction of sp³-hybridized carbons (Fsp3) is 0.154. The summed E-state index contributed by atoms with van der Waals surface area (Å²) in [4.78, 5) is 20.2. The van der Waals surface area contributed by atoms with Crippen molar-refractivity contribution >= 4 is 17.3 Å². The summed E-state index contributed by atoms with van der Waals surface area (Å²) in [6.45, 7) is 3.74. The molecular formula is C13H14N4O. The number of amides is 1. The normalized spacial score (nSPS) is 10.1. The monoisotopic (exact) mass is 242 g/mol. The maximum absolute atomic E-state index is 12.0. The summed E-state index contributed by atoms with van der Waals surface area (Å²) in [5, 5.41) is 2.75. The Kier molecular flexibility index (Phi) is 3.23. The molecule has 0 atom stereocenters. The van der Waals surface area contributed by atoms with Crippen molar-refractivity contribution in [1.29, 1.82) is 0 Å². The molecule has 0 unspecified atom stereocenters. The van der Waals surface area contributed by atoms with Gasteiger partial charge in [-0.15, -0.1) is 0 Å². The highest BCUT2D eigenvalue weighted by Gasteiger charge is 2.12. The van der Waals surface area contributed by atoms with E-state index in [0.717, 1.165) is 11.4 Å². The molecule has 18 heavy (non-hydrogen) atoms. The molecule has 2 heterocycles. The molecule has 0 saturated heterocycles. The Morgan fingerprint density at radius 2 is 2.06 bits per heavy atom. The largest absolute Gasteiger partial charge is 0.397 e. The third-order valence-corrected chi connectivity index (χ3v) is 2.53. The van der Waals surface area contributed by atoms with Crippen molar-refractivity contribution in [2.75, 3.05) is 11.1 Å². The molecule has 3 N–H and O–H groups in total. The first-order valence-electron chi connectivity index (χ1n) is 5.54. The minimum atomic E-state index is -0.332. The van der Waals surface area contributed by atoms with Gasteiger partial charge in [0.2, 0.25) is 0 Å².